The summed E-state index contributed by atoms with van der Waals surface area (Å²) in [6, 6.07) is 5.20. The van der Waals surface area contributed by atoms with Crippen LogP contribution < -0.4 is 29.6 Å². The first-order valence-corrected chi connectivity index (χ1v) is 6.43. The van der Waals surface area contributed by atoms with Crippen molar-refractivity contribution in [2.45, 2.75) is 11.8 Å². The summed E-state index contributed by atoms with van der Waals surface area (Å²) in [6.07, 6.45) is 0. The summed E-state index contributed by atoms with van der Waals surface area (Å²) in [5, 5.41) is 0. The van der Waals surface area contributed by atoms with Crippen LogP contribution in [-0.4, -0.2) is 21.4 Å². The molecule has 0 saturated heterocycles. The van der Waals surface area contributed by atoms with Crippen LogP contribution in [0.4, 0.5) is 0 Å². The first-order chi connectivity index (χ1) is 6.71. The minimum absolute atomic E-state index is 0. The third-order valence-corrected chi connectivity index (χ3v) is 3.72. The summed E-state index contributed by atoms with van der Waals surface area (Å²) in [6.45, 7) is 1.72. The molecule has 0 spiro atoms. The van der Waals surface area contributed by atoms with Crippen LogP contribution in [0.3, 0.4) is 0 Å². The molecule has 16 heavy (non-hydrogen) atoms. The number of benzene rings is 1. The zero-order chi connectivity index (χ0) is 11.7. The van der Waals surface area contributed by atoms with Crippen molar-refractivity contribution >= 4 is 20.5 Å². The van der Waals surface area contributed by atoms with E-state index in [1.54, 1.807) is 6.92 Å². The van der Waals surface area contributed by atoms with Crippen LogP contribution in [-0.2, 0) is 24.1 Å². The van der Waals surface area contributed by atoms with Gasteiger partial charge in [0.15, 0.2) is 0 Å². The molecular weight excluding hydrogens is 267 g/mol. The van der Waals surface area contributed by atoms with Gasteiger partial charge in [-0.15, -0.1) is 0 Å². The van der Waals surface area contributed by atoms with E-state index in [4.69, 9.17) is 0 Å². The van der Waals surface area contributed by atoms with E-state index >= 15 is 0 Å². The van der Waals surface area contributed by atoms with Gasteiger partial charge in [0.2, 0.25) is 10.4 Å². The second-order valence-electron chi connectivity index (χ2n) is 2.74. The van der Waals surface area contributed by atoms with Gasteiger partial charge in [-0.2, -0.15) is 12.0 Å². The van der Waals surface area contributed by atoms with Crippen molar-refractivity contribution in [3.8, 4) is 0 Å². The Morgan fingerprint density at radius 2 is 1.50 bits per heavy atom. The quantitative estimate of drug-likeness (QED) is 0.334. The summed E-state index contributed by atoms with van der Waals surface area (Å²) in [7, 11) is -9.81. The van der Waals surface area contributed by atoms with Crippen LogP contribution in [0.2, 0.25) is 0 Å². The third kappa shape index (κ3) is 4.91. The predicted octanol–water partition coefficient (Wildman–Crippen LogP) is -2.84. The van der Waals surface area contributed by atoms with Gasteiger partial charge in [0, 0.05) is 0 Å². The monoisotopic (exact) mass is 274 g/mol. The van der Waals surface area contributed by atoms with E-state index in [0.717, 1.165) is 17.7 Å². The standard InChI is InChI=1S/C7H8O6S2.Na/c1-6-2-4-7(5-3-6)14(8,9)13-15(10,11)12;/h2-5H,1H3,(H,10,11,12);/q;+1/p-1. The van der Waals surface area contributed by atoms with Gasteiger partial charge in [0.1, 0.15) is 0 Å². The summed E-state index contributed by atoms with van der Waals surface area (Å²) >= 11 is 0. The molecule has 0 aliphatic carbocycles. The first kappa shape index (κ1) is 16.0. The van der Waals surface area contributed by atoms with Gasteiger partial charge >= 0.3 is 39.7 Å². The van der Waals surface area contributed by atoms with Gasteiger partial charge in [-0.3, -0.25) is 0 Å². The maximum atomic E-state index is 11.2. The number of hydrogen-bond acceptors (Lipinski definition) is 6. The molecule has 1 aromatic carbocycles. The molecule has 1 aromatic rings. The molecule has 0 heterocycles. The maximum absolute atomic E-state index is 11.2. The molecule has 0 bridgehead atoms. The fourth-order valence-electron chi connectivity index (χ4n) is 0.854. The van der Waals surface area contributed by atoms with Crippen LogP contribution >= 0.6 is 0 Å². The molecule has 0 aromatic heterocycles. The normalized spacial score (nSPS) is 11.9. The van der Waals surface area contributed by atoms with Gasteiger partial charge in [0.25, 0.3) is 0 Å². The third-order valence-electron chi connectivity index (χ3n) is 1.48. The Hall–Kier alpha value is 0.0400. The molecular formula is C7H7NaO6S2. The van der Waals surface area contributed by atoms with Gasteiger partial charge in [-0.05, 0) is 19.1 Å². The molecule has 0 amide bonds. The molecule has 1 rings (SSSR count). The number of hydrogen-bond donors (Lipinski definition) is 0. The molecule has 0 aliphatic rings. The summed E-state index contributed by atoms with van der Waals surface area (Å²) in [4.78, 5) is -0.382. The largest absolute Gasteiger partial charge is 1.00 e. The predicted molar refractivity (Wildman–Crippen MR) is 49.1 cm³/mol. The molecule has 84 valence electrons. The van der Waals surface area contributed by atoms with E-state index in [1.807, 2.05) is 0 Å². The van der Waals surface area contributed by atoms with Crippen molar-refractivity contribution in [2.24, 2.45) is 0 Å². The number of rotatable bonds is 3. The van der Waals surface area contributed by atoms with Crippen molar-refractivity contribution in [3.05, 3.63) is 29.8 Å². The fraction of sp³-hybridized carbons (Fsp3) is 0.143. The topological polar surface area (TPSA) is 101 Å². The zero-order valence-corrected chi connectivity index (χ0v) is 12.2. The summed E-state index contributed by atoms with van der Waals surface area (Å²) < 4.78 is 56.1. The second kappa shape index (κ2) is 5.58. The second-order valence-corrected chi connectivity index (χ2v) is 5.48. The Morgan fingerprint density at radius 1 is 1.06 bits per heavy atom. The van der Waals surface area contributed by atoms with Gasteiger partial charge in [-0.1, -0.05) is 17.7 Å². The van der Waals surface area contributed by atoms with Crippen LogP contribution in [0.1, 0.15) is 5.56 Å². The van der Waals surface area contributed by atoms with E-state index < -0.39 is 20.5 Å². The van der Waals surface area contributed by atoms with Crippen LogP contribution in [0, 0.1) is 6.92 Å². The van der Waals surface area contributed by atoms with Crippen molar-refractivity contribution in [1.29, 1.82) is 0 Å². The van der Waals surface area contributed by atoms with Crippen molar-refractivity contribution in [1.82, 2.24) is 0 Å². The van der Waals surface area contributed by atoms with E-state index in [2.05, 4.69) is 3.63 Å². The van der Waals surface area contributed by atoms with E-state index in [1.165, 1.54) is 12.1 Å². The minimum Gasteiger partial charge on any atom is -0.725 e. The van der Waals surface area contributed by atoms with Crippen molar-refractivity contribution in [2.75, 3.05) is 0 Å². The average molecular weight is 274 g/mol. The Morgan fingerprint density at radius 3 is 1.88 bits per heavy atom. The molecule has 9 heteroatoms. The summed E-state index contributed by atoms with van der Waals surface area (Å²) in [5.74, 6) is 0. The number of aryl methyl sites for hydroxylation is 1. The van der Waals surface area contributed by atoms with E-state index in [0.29, 0.717) is 0 Å². The van der Waals surface area contributed by atoms with Crippen LogP contribution in [0.5, 0.6) is 0 Å². The van der Waals surface area contributed by atoms with Crippen molar-refractivity contribution in [3.63, 3.8) is 0 Å². The molecule has 6 nitrogen and oxygen atoms in total. The molecule has 0 aliphatic heterocycles. The first-order valence-electron chi connectivity index (χ1n) is 3.69. The molecule has 0 radical (unpaired) electrons. The Bertz CT molecular complexity index is 545. The molecule has 0 N–H and O–H groups in total. The zero-order valence-electron chi connectivity index (χ0n) is 8.58. The van der Waals surface area contributed by atoms with Crippen LogP contribution in [0.25, 0.3) is 0 Å². The Labute approximate surface area is 116 Å². The van der Waals surface area contributed by atoms with E-state index in [-0.39, 0.29) is 34.5 Å². The Balaban J connectivity index is 0.00000225. The van der Waals surface area contributed by atoms with Gasteiger partial charge in [0.05, 0.1) is 4.90 Å². The molecule has 0 unspecified atom stereocenters. The van der Waals surface area contributed by atoms with Crippen molar-refractivity contribution < 1.29 is 54.6 Å². The average Bonchev–Trinajstić information content (AvgIpc) is 2.00. The van der Waals surface area contributed by atoms with Gasteiger partial charge < -0.3 is 4.55 Å². The van der Waals surface area contributed by atoms with Crippen LogP contribution in [0.15, 0.2) is 29.2 Å². The molecule has 0 fully saturated rings. The summed E-state index contributed by atoms with van der Waals surface area (Å²) in [5.41, 5.74) is 0.791. The molecule has 0 atom stereocenters. The fourth-order valence-corrected chi connectivity index (χ4v) is 2.52. The SMILES string of the molecule is Cc1ccc(S(=O)(=O)OS(=O)(=O)[O-])cc1.[Na+]. The Kier molecular flexibility index (Phi) is 5.60. The molecule has 0 saturated carbocycles. The van der Waals surface area contributed by atoms with Gasteiger partial charge in [-0.25, -0.2) is 8.42 Å². The van der Waals surface area contributed by atoms with E-state index in [9.17, 15) is 21.4 Å². The smallest absolute Gasteiger partial charge is 0.725 e. The minimum atomic E-state index is -5.28. The maximum Gasteiger partial charge on any atom is 1.00 e.